The van der Waals surface area contributed by atoms with E-state index >= 15 is 0 Å². The second kappa shape index (κ2) is 5.69. The Kier molecular flexibility index (Phi) is 4.19. The van der Waals surface area contributed by atoms with Crippen LogP contribution in [0.2, 0.25) is 0 Å². The van der Waals surface area contributed by atoms with Crippen LogP contribution in [0.5, 0.6) is 0 Å². The fraction of sp³-hybridized carbons (Fsp3) is 0.385. The Labute approximate surface area is 118 Å². The lowest BCUT2D eigenvalue weighted by atomic mass is 10.2. The van der Waals surface area contributed by atoms with Crippen LogP contribution in [0.15, 0.2) is 22.7 Å². The quantitative estimate of drug-likeness (QED) is 0.888. The Hall–Kier alpha value is -1.43. The molecule has 1 aromatic rings. The normalized spacial score (nSPS) is 15.7. The van der Waals surface area contributed by atoms with Gasteiger partial charge in [0.2, 0.25) is 5.91 Å². The number of benzene rings is 1. The number of hydrogen-bond donors (Lipinski definition) is 2. The van der Waals surface area contributed by atoms with E-state index in [-0.39, 0.29) is 17.5 Å². The maximum Gasteiger partial charge on any atom is 0.252 e. The van der Waals surface area contributed by atoms with Gasteiger partial charge >= 0.3 is 0 Å². The van der Waals surface area contributed by atoms with Crippen LogP contribution in [-0.4, -0.2) is 23.9 Å². The first-order valence-corrected chi connectivity index (χ1v) is 6.83. The Balaban J connectivity index is 1.95. The molecule has 1 unspecified atom stereocenters. The zero-order chi connectivity index (χ0) is 14.0. The van der Waals surface area contributed by atoms with Gasteiger partial charge in [-0.15, -0.1) is 0 Å². The molecule has 0 spiro atoms. The van der Waals surface area contributed by atoms with Crippen LogP contribution >= 0.6 is 15.9 Å². The summed E-state index contributed by atoms with van der Waals surface area (Å²) in [7, 11) is 0. The Morgan fingerprint density at radius 3 is 2.68 bits per heavy atom. The fourth-order valence-corrected chi connectivity index (χ4v) is 1.78. The average molecular weight is 329 g/mol. The lowest BCUT2D eigenvalue weighted by Crippen LogP contribution is -2.45. The second-order valence-electron chi connectivity index (χ2n) is 4.61. The molecule has 2 amide bonds. The summed E-state index contributed by atoms with van der Waals surface area (Å²) in [6.45, 7) is 1.60. The minimum absolute atomic E-state index is 0.187. The predicted octanol–water partition coefficient (Wildman–Crippen LogP) is 1.99. The van der Waals surface area contributed by atoms with Gasteiger partial charge in [-0.25, -0.2) is 4.39 Å². The zero-order valence-electron chi connectivity index (χ0n) is 10.4. The van der Waals surface area contributed by atoms with E-state index in [0.717, 1.165) is 18.9 Å². The highest BCUT2D eigenvalue weighted by atomic mass is 79.9. The number of rotatable bonds is 4. The van der Waals surface area contributed by atoms with Crippen molar-refractivity contribution in [3.8, 4) is 0 Å². The third kappa shape index (κ3) is 3.76. The second-order valence-corrected chi connectivity index (χ2v) is 5.46. The molecule has 1 atom stereocenters. The van der Waals surface area contributed by atoms with Gasteiger partial charge in [0.25, 0.3) is 5.91 Å². The number of halogens is 2. The standard InChI is InChI=1S/C13H14BrFN2O2/c1-7(12(18)17-9-3-4-9)16-13(19)8-2-5-10(14)11(15)6-8/h2,5-7,9H,3-4H2,1H3,(H,16,19)(H,17,18). The summed E-state index contributed by atoms with van der Waals surface area (Å²) in [4.78, 5) is 23.5. The van der Waals surface area contributed by atoms with E-state index < -0.39 is 17.8 Å². The van der Waals surface area contributed by atoms with E-state index in [4.69, 9.17) is 0 Å². The smallest absolute Gasteiger partial charge is 0.252 e. The summed E-state index contributed by atoms with van der Waals surface area (Å²) < 4.78 is 13.6. The van der Waals surface area contributed by atoms with Gasteiger partial charge in [-0.1, -0.05) is 0 Å². The first kappa shape index (κ1) is 14.0. The summed E-state index contributed by atoms with van der Waals surface area (Å²) in [5.41, 5.74) is 0.187. The highest BCUT2D eigenvalue weighted by Gasteiger charge is 2.26. The Morgan fingerprint density at radius 1 is 1.42 bits per heavy atom. The molecule has 19 heavy (non-hydrogen) atoms. The zero-order valence-corrected chi connectivity index (χ0v) is 12.0. The van der Waals surface area contributed by atoms with E-state index in [9.17, 15) is 14.0 Å². The molecule has 0 bridgehead atoms. The van der Waals surface area contributed by atoms with E-state index in [2.05, 4.69) is 26.6 Å². The van der Waals surface area contributed by atoms with Crippen molar-refractivity contribution in [2.45, 2.75) is 31.8 Å². The molecular weight excluding hydrogens is 315 g/mol. The van der Waals surface area contributed by atoms with Crippen molar-refractivity contribution in [1.29, 1.82) is 0 Å². The van der Waals surface area contributed by atoms with Crippen LogP contribution in [0.1, 0.15) is 30.1 Å². The topological polar surface area (TPSA) is 58.2 Å². The Bertz CT molecular complexity index is 517. The summed E-state index contributed by atoms with van der Waals surface area (Å²) >= 11 is 3.02. The molecular formula is C13H14BrFN2O2. The molecule has 0 heterocycles. The van der Waals surface area contributed by atoms with Crippen LogP contribution in [-0.2, 0) is 4.79 Å². The molecule has 6 heteroatoms. The van der Waals surface area contributed by atoms with Crippen molar-refractivity contribution in [2.75, 3.05) is 0 Å². The van der Waals surface area contributed by atoms with Crippen LogP contribution in [0.25, 0.3) is 0 Å². The summed E-state index contributed by atoms with van der Waals surface area (Å²) in [5.74, 6) is -1.19. The van der Waals surface area contributed by atoms with Crippen molar-refractivity contribution in [1.82, 2.24) is 10.6 Å². The molecule has 1 aromatic carbocycles. The molecule has 4 nitrogen and oxygen atoms in total. The molecule has 0 aromatic heterocycles. The fourth-order valence-electron chi connectivity index (χ4n) is 1.54. The number of hydrogen-bond acceptors (Lipinski definition) is 2. The van der Waals surface area contributed by atoms with Crippen LogP contribution in [0.4, 0.5) is 4.39 Å². The van der Waals surface area contributed by atoms with Crippen LogP contribution in [0.3, 0.4) is 0 Å². The molecule has 1 aliphatic rings. The van der Waals surface area contributed by atoms with Crippen molar-refractivity contribution in [3.63, 3.8) is 0 Å². The molecule has 1 saturated carbocycles. The lowest BCUT2D eigenvalue weighted by Gasteiger charge is -2.14. The molecule has 1 fully saturated rings. The maximum absolute atomic E-state index is 13.3. The monoisotopic (exact) mass is 328 g/mol. The molecule has 1 aliphatic carbocycles. The minimum Gasteiger partial charge on any atom is -0.352 e. The summed E-state index contributed by atoms with van der Waals surface area (Å²) in [6.07, 6.45) is 1.98. The molecule has 2 rings (SSSR count). The van der Waals surface area contributed by atoms with E-state index in [1.165, 1.54) is 12.1 Å². The van der Waals surface area contributed by atoms with Crippen molar-refractivity contribution >= 4 is 27.7 Å². The van der Waals surface area contributed by atoms with Crippen molar-refractivity contribution < 1.29 is 14.0 Å². The first-order valence-electron chi connectivity index (χ1n) is 6.03. The average Bonchev–Trinajstić information content (AvgIpc) is 3.16. The number of carbonyl (C=O) groups excluding carboxylic acids is 2. The molecule has 0 saturated heterocycles. The van der Waals surface area contributed by atoms with E-state index in [1.54, 1.807) is 6.92 Å². The van der Waals surface area contributed by atoms with Crippen LogP contribution in [0, 0.1) is 5.82 Å². The van der Waals surface area contributed by atoms with Gasteiger partial charge in [0, 0.05) is 11.6 Å². The van der Waals surface area contributed by atoms with Gasteiger partial charge in [-0.2, -0.15) is 0 Å². The minimum atomic E-state index is -0.639. The van der Waals surface area contributed by atoms with E-state index in [1.807, 2.05) is 0 Å². The van der Waals surface area contributed by atoms with Gasteiger partial charge in [-0.3, -0.25) is 9.59 Å². The highest BCUT2D eigenvalue weighted by Crippen LogP contribution is 2.19. The van der Waals surface area contributed by atoms with Crippen LogP contribution < -0.4 is 10.6 Å². The summed E-state index contributed by atoms with van der Waals surface area (Å²) in [6, 6.07) is 3.69. The Morgan fingerprint density at radius 2 is 2.11 bits per heavy atom. The van der Waals surface area contributed by atoms with Crippen molar-refractivity contribution in [3.05, 3.63) is 34.1 Å². The number of nitrogens with one attached hydrogen (secondary N) is 2. The van der Waals surface area contributed by atoms with Crippen molar-refractivity contribution in [2.24, 2.45) is 0 Å². The van der Waals surface area contributed by atoms with Gasteiger partial charge in [0.1, 0.15) is 11.9 Å². The largest absolute Gasteiger partial charge is 0.352 e. The third-order valence-electron chi connectivity index (χ3n) is 2.85. The SMILES string of the molecule is CC(NC(=O)c1ccc(Br)c(F)c1)C(=O)NC1CC1. The molecule has 102 valence electrons. The number of carbonyl (C=O) groups is 2. The summed E-state index contributed by atoms with van der Waals surface area (Å²) in [5, 5.41) is 5.34. The number of amides is 2. The van der Waals surface area contributed by atoms with Gasteiger partial charge in [-0.05, 0) is 53.9 Å². The molecule has 0 radical (unpaired) electrons. The van der Waals surface area contributed by atoms with Gasteiger partial charge in [0.05, 0.1) is 4.47 Å². The van der Waals surface area contributed by atoms with E-state index in [0.29, 0.717) is 4.47 Å². The van der Waals surface area contributed by atoms with Gasteiger partial charge < -0.3 is 10.6 Å². The highest BCUT2D eigenvalue weighted by molar-refractivity contribution is 9.10. The molecule has 2 N–H and O–H groups in total. The van der Waals surface area contributed by atoms with Gasteiger partial charge in [0.15, 0.2) is 0 Å². The lowest BCUT2D eigenvalue weighted by molar-refractivity contribution is -0.122. The maximum atomic E-state index is 13.3. The molecule has 0 aliphatic heterocycles. The first-order chi connectivity index (χ1) is 8.97. The third-order valence-corrected chi connectivity index (χ3v) is 3.49. The predicted molar refractivity (Wildman–Crippen MR) is 72.2 cm³/mol.